The summed E-state index contributed by atoms with van der Waals surface area (Å²) < 4.78 is 7.09. The Morgan fingerprint density at radius 3 is 2.97 bits per heavy atom. The third-order valence-corrected chi connectivity index (χ3v) is 6.08. The van der Waals surface area contributed by atoms with Crippen LogP contribution in [-0.4, -0.2) is 44.9 Å². The lowest BCUT2D eigenvalue weighted by Gasteiger charge is -2.38. The third kappa shape index (κ3) is 3.85. The van der Waals surface area contributed by atoms with E-state index in [9.17, 15) is 4.79 Å². The number of nitrogens with one attached hydrogen (secondary N) is 1. The molecule has 0 spiro atoms. The molecule has 2 aromatic heterocycles. The zero-order chi connectivity index (χ0) is 21.5. The molecule has 160 valence electrons. The molecule has 1 fully saturated rings. The van der Waals surface area contributed by atoms with Crippen LogP contribution in [0.5, 0.6) is 0 Å². The van der Waals surface area contributed by atoms with Gasteiger partial charge in [0.05, 0.1) is 23.6 Å². The predicted octanol–water partition coefficient (Wildman–Crippen LogP) is 1.99. The minimum Gasteiger partial charge on any atom is -0.457 e. The summed E-state index contributed by atoms with van der Waals surface area (Å²) in [6, 6.07) is 7.95. The van der Waals surface area contributed by atoms with Crippen LogP contribution in [-0.2, 0) is 17.9 Å². The van der Waals surface area contributed by atoms with Gasteiger partial charge < -0.3 is 10.5 Å². The molecule has 8 heteroatoms. The van der Waals surface area contributed by atoms with Gasteiger partial charge in [0.15, 0.2) is 0 Å². The maximum atomic E-state index is 11.9. The number of hydrogen-bond donors (Lipinski definition) is 2. The van der Waals surface area contributed by atoms with Gasteiger partial charge in [0.25, 0.3) is 0 Å². The van der Waals surface area contributed by atoms with E-state index in [1.165, 1.54) is 5.56 Å². The number of nitrogens with zero attached hydrogens (tertiary/aromatic N) is 4. The molecule has 31 heavy (non-hydrogen) atoms. The monoisotopic (exact) mass is 418 g/mol. The first kappa shape index (κ1) is 19.9. The Bertz CT molecular complexity index is 1140. The Kier molecular flexibility index (Phi) is 5.05. The molecular weight excluding hydrogens is 392 g/mol. The second kappa shape index (κ2) is 7.88. The maximum absolute atomic E-state index is 11.9. The Labute approximate surface area is 181 Å². The number of nitrogens with two attached hydrogens (primary N) is 1. The first-order valence-corrected chi connectivity index (χ1v) is 10.5. The van der Waals surface area contributed by atoms with Crippen molar-refractivity contribution in [2.45, 2.75) is 39.2 Å². The van der Waals surface area contributed by atoms with Gasteiger partial charge in [-0.15, -0.1) is 0 Å². The number of pyridine rings is 1. The van der Waals surface area contributed by atoms with E-state index in [0.29, 0.717) is 12.2 Å². The standard InChI is InChI=1S/C23H26N6O2/c1-14-7-17(5-6-25-14)29-10-16(8-26-29)9-28-11-21(27-22(24)12-28)18-3-4-19-20(15(18)2)13-31-23(19)30/h3-8,10,21-22,27H,9,11-13,24H2,1-2H3/t21-,22+/m0/s1. The quantitative estimate of drug-likeness (QED) is 0.625. The Morgan fingerprint density at radius 2 is 2.13 bits per heavy atom. The molecule has 0 amide bonds. The molecule has 8 nitrogen and oxygen atoms in total. The number of ether oxygens (including phenoxy) is 1. The average Bonchev–Trinajstić information content (AvgIpc) is 3.35. The highest BCUT2D eigenvalue weighted by Gasteiger charge is 2.30. The van der Waals surface area contributed by atoms with E-state index in [2.05, 4.69) is 33.4 Å². The number of cyclic esters (lactones) is 1. The normalized spacial score (nSPS) is 21.2. The van der Waals surface area contributed by atoms with Gasteiger partial charge in [0.2, 0.25) is 0 Å². The Morgan fingerprint density at radius 1 is 1.26 bits per heavy atom. The van der Waals surface area contributed by atoms with Gasteiger partial charge in [0.1, 0.15) is 6.61 Å². The summed E-state index contributed by atoms with van der Waals surface area (Å²) in [7, 11) is 0. The molecule has 0 unspecified atom stereocenters. The smallest absolute Gasteiger partial charge is 0.338 e. The summed E-state index contributed by atoms with van der Waals surface area (Å²) >= 11 is 0. The fourth-order valence-corrected chi connectivity index (χ4v) is 4.55. The molecule has 3 N–H and O–H groups in total. The van der Waals surface area contributed by atoms with E-state index in [0.717, 1.165) is 47.7 Å². The van der Waals surface area contributed by atoms with Crippen molar-refractivity contribution in [2.75, 3.05) is 13.1 Å². The van der Waals surface area contributed by atoms with Gasteiger partial charge in [-0.2, -0.15) is 5.10 Å². The van der Waals surface area contributed by atoms with E-state index in [1.807, 2.05) is 42.1 Å². The van der Waals surface area contributed by atoms with Crippen LogP contribution < -0.4 is 11.1 Å². The van der Waals surface area contributed by atoms with Crippen LogP contribution in [0.3, 0.4) is 0 Å². The van der Waals surface area contributed by atoms with Crippen LogP contribution in [0.1, 0.15) is 44.3 Å². The Hall–Kier alpha value is -3.07. The first-order chi connectivity index (χ1) is 15.0. The summed E-state index contributed by atoms with van der Waals surface area (Å²) in [6.45, 7) is 6.72. The van der Waals surface area contributed by atoms with Crippen LogP contribution >= 0.6 is 0 Å². The van der Waals surface area contributed by atoms with E-state index in [1.54, 1.807) is 6.20 Å². The number of benzene rings is 1. The molecule has 0 radical (unpaired) electrons. The third-order valence-electron chi connectivity index (χ3n) is 6.08. The van der Waals surface area contributed by atoms with Crippen molar-refractivity contribution in [3.05, 3.63) is 76.4 Å². The van der Waals surface area contributed by atoms with Gasteiger partial charge in [-0.25, -0.2) is 9.48 Å². The van der Waals surface area contributed by atoms with Gasteiger partial charge in [-0.1, -0.05) is 6.07 Å². The molecule has 0 bridgehead atoms. The van der Waals surface area contributed by atoms with E-state index in [4.69, 9.17) is 10.5 Å². The molecule has 2 aliphatic rings. The fraction of sp³-hybridized carbons (Fsp3) is 0.348. The SMILES string of the molecule is Cc1cc(-n2cc(CN3C[C@@H](c4ccc5c(c4C)COC5=O)N[C@@H](N)C3)cn2)ccn1. The van der Waals surface area contributed by atoms with Gasteiger partial charge in [-0.05, 0) is 43.2 Å². The predicted molar refractivity (Wildman–Crippen MR) is 116 cm³/mol. The molecule has 1 saturated heterocycles. The van der Waals surface area contributed by atoms with Gasteiger partial charge in [-0.3, -0.25) is 15.2 Å². The van der Waals surface area contributed by atoms with E-state index < -0.39 is 0 Å². The summed E-state index contributed by atoms with van der Waals surface area (Å²) in [5.41, 5.74) is 13.4. The van der Waals surface area contributed by atoms with Crippen molar-refractivity contribution in [1.29, 1.82) is 0 Å². The highest BCUT2D eigenvalue weighted by atomic mass is 16.5. The minimum atomic E-state index is -0.235. The maximum Gasteiger partial charge on any atom is 0.338 e. The summed E-state index contributed by atoms with van der Waals surface area (Å²) in [5.74, 6) is -0.235. The molecule has 5 rings (SSSR count). The van der Waals surface area contributed by atoms with Crippen LogP contribution in [0.2, 0.25) is 0 Å². The molecule has 0 aliphatic carbocycles. The number of aromatic nitrogens is 3. The average molecular weight is 419 g/mol. The number of rotatable bonds is 4. The zero-order valence-corrected chi connectivity index (χ0v) is 17.7. The molecule has 2 atom stereocenters. The number of esters is 1. The lowest BCUT2D eigenvalue weighted by atomic mass is 9.93. The lowest BCUT2D eigenvalue weighted by molar-refractivity contribution is 0.0535. The molecular formula is C23H26N6O2. The zero-order valence-electron chi connectivity index (χ0n) is 17.7. The number of carbonyl (C=O) groups is 1. The van der Waals surface area contributed by atoms with Crippen molar-refractivity contribution in [2.24, 2.45) is 5.73 Å². The summed E-state index contributed by atoms with van der Waals surface area (Å²) in [5, 5.41) is 8.03. The molecule has 4 heterocycles. The van der Waals surface area contributed by atoms with Crippen LogP contribution in [0.4, 0.5) is 0 Å². The van der Waals surface area contributed by atoms with E-state index >= 15 is 0 Å². The summed E-state index contributed by atoms with van der Waals surface area (Å²) in [4.78, 5) is 18.5. The van der Waals surface area contributed by atoms with Crippen molar-refractivity contribution in [3.63, 3.8) is 0 Å². The largest absolute Gasteiger partial charge is 0.457 e. The van der Waals surface area contributed by atoms with E-state index in [-0.39, 0.29) is 18.2 Å². The first-order valence-electron chi connectivity index (χ1n) is 10.5. The Balaban J connectivity index is 1.34. The highest BCUT2D eigenvalue weighted by molar-refractivity contribution is 5.94. The number of fused-ring (bicyclic) bond motifs is 1. The lowest BCUT2D eigenvalue weighted by Crippen LogP contribution is -2.56. The van der Waals surface area contributed by atoms with Gasteiger partial charge >= 0.3 is 5.97 Å². The number of hydrogen-bond acceptors (Lipinski definition) is 7. The second-order valence-electron chi connectivity index (χ2n) is 8.35. The van der Waals surface area contributed by atoms with Crippen molar-refractivity contribution in [1.82, 2.24) is 25.0 Å². The second-order valence-corrected chi connectivity index (χ2v) is 8.35. The molecule has 0 saturated carbocycles. The van der Waals surface area contributed by atoms with Crippen LogP contribution in [0.25, 0.3) is 5.69 Å². The number of carbonyl (C=O) groups excluding carboxylic acids is 1. The highest BCUT2D eigenvalue weighted by Crippen LogP contribution is 2.30. The van der Waals surface area contributed by atoms with Crippen molar-refractivity contribution < 1.29 is 9.53 Å². The molecule has 2 aliphatic heterocycles. The van der Waals surface area contributed by atoms with Crippen LogP contribution in [0.15, 0.2) is 42.9 Å². The minimum absolute atomic E-state index is 0.0858. The number of aryl methyl sites for hydroxylation is 1. The fourth-order valence-electron chi connectivity index (χ4n) is 4.55. The van der Waals surface area contributed by atoms with Gasteiger partial charge in [0, 0.05) is 54.9 Å². The van der Waals surface area contributed by atoms with Crippen LogP contribution in [0, 0.1) is 13.8 Å². The topological polar surface area (TPSA) is 98.3 Å². The van der Waals surface area contributed by atoms with Crippen molar-refractivity contribution >= 4 is 5.97 Å². The summed E-state index contributed by atoms with van der Waals surface area (Å²) in [6.07, 6.45) is 5.62. The molecule has 1 aromatic carbocycles. The van der Waals surface area contributed by atoms with Crippen molar-refractivity contribution in [3.8, 4) is 5.69 Å². The number of piperazine rings is 1. The molecule has 3 aromatic rings.